The van der Waals surface area contributed by atoms with Crippen molar-refractivity contribution in [3.05, 3.63) is 30.3 Å². The van der Waals surface area contributed by atoms with Crippen molar-refractivity contribution in [3.8, 4) is 5.75 Å². The lowest BCUT2D eigenvalue weighted by molar-refractivity contribution is 0.189. The molecule has 1 aromatic rings. The Morgan fingerprint density at radius 2 is 1.93 bits per heavy atom. The minimum atomic E-state index is 0. The van der Waals surface area contributed by atoms with E-state index in [0.717, 1.165) is 30.7 Å². The normalized spacial score (nSPS) is 15.9. The molecule has 0 amide bonds. The smallest absolute Gasteiger partial charge is 0.193 e. The second kappa shape index (κ2) is 14.0. The molecule has 0 unspecified atom stereocenters. The predicted octanol–water partition coefficient (Wildman–Crippen LogP) is 3.70. The summed E-state index contributed by atoms with van der Waals surface area (Å²) >= 11 is 0. The van der Waals surface area contributed by atoms with E-state index in [1.807, 2.05) is 37.4 Å². The maximum atomic E-state index is 5.76. The van der Waals surface area contributed by atoms with E-state index in [0.29, 0.717) is 6.61 Å². The molecule has 1 aliphatic heterocycles. The van der Waals surface area contributed by atoms with E-state index < -0.39 is 0 Å². The first-order valence-corrected chi connectivity index (χ1v) is 10.0. The van der Waals surface area contributed by atoms with E-state index in [4.69, 9.17) is 4.74 Å². The quantitative estimate of drug-likeness (QED) is 0.249. The van der Waals surface area contributed by atoms with Gasteiger partial charge < -0.3 is 19.9 Å². The number of piperidine rings is 1. The SMILES string of the molecule is CN=C(NCCCCN1CCC(C)CC1)N(C)CCOc1ccccc1.I. The Labute approximate surface area is 182 Å². The molecule has 1 saturated heterocycles. The third kappa shape index (κ3) is 9.65. The van der Waals surface area contributed by atoms with E-state index in [-0.39, 0.29) is 24.0 Å². The zero-order valence-corrected chi connectivity index (χ0v) is 19.5. The van der Waals surface area contributed by atoms with Crippen LogP contribution in [0.25, 0.3) is 0 Å². The lowest BCUT2D eigenvalue weighted by Gasteiger charge is -2.30. The number of benzene rings is 1. The van der Waals surface area contributed by atoms with Crippen LogP contribution in [0.2, 0.25) is 0 Å². The number of likely N-dealkylation sites (N-methyl/N-ethyl adjacent to an activating group) is 1. The molecule has 0 saturated carbocycles. The summed E-state index contributed by atoms with van der Waals surface area (Å²) in [5, 5.41) is 3.46. The van der Waals surface area contributed by atoms with Crippen molar-refractivity contribution >= 4 is 29.9 Å². The third-order valence-electron chi connectivity index (χ3n) is 5.07. The monoisotopic (exact) mass is 488 g/mol. The van der Waals surface area contributed by atoms with E-state index in [1.165, 1.54) is 45.3 Å². The van der Waals surface area contributed by atoms with Gasteiger partial charge in [-0.2, -0.15) is 0 Å². The van der Waals surface area contributed by atoms with Crippen molar-refractivity contribution in [3.63, 3.8) is 0 Å². The van der Waals surface area contributed by atoms with Crippen LogP contribution in [0.5, 0.6) is 5.75 Å². The molecule has 1 N–H and O–H groups in total. The van der Waals surface area contributed by atoms with Crippen molar-refractivity contribution < 1.29 is 4.74 Å². The number of ether oxygens (including phenoxy) is 1. The largest absolute Gasteiger partial charge is 0.492 e. The van der Waals surface area contributed by atoms with Gasteiger partial charge in [0.15, 0.2) is 5.96 Å². The Balaban J connectivity index is 0.00000364. The van der Waals surface area contributed by atoms with Gasteiger partial charge in [0.25, 0.3) is 0 Å². The zero-order chi connectivity index (χ0) is 18.6. The topological polar surface area (TPSA) is 40.1 Å². The first-order valence-electron chi connectivity index (χ1n) is 10.0. The van der Waals surface area contributed by atoms with Crippen molar-refractivity contribution in [2.45, 2.75) is 32.6 Å². The highest BCUT2D eigenvalue weighted by molar-refractivity contribution is 14.0. The Hall–Kier alpha value is -1.02. The second-order valence-electron chi connectivity index (χ2n) is 7.29. The summed E-state index contributed by atoms with van der Waals surface area (Å²) in [4.78, 5) is 9.11. The van der Waals surface area contributed by atoms with Crippen molar-refractivity contribution in [2.75, 3.05) is 53.4 Å². The maximum Gasteiger partial charge on any atom is 0.193 e. The number of unbranched alkanes of at least 4 members (excludes halogenated alkanes) is 1. The first-order chi connectivity index (χ1) is 12.7. The van der Waals surface area contributed by atoms with E-state index in [9.17, 15) is 0 Å². The highest BCUT2D eigenvalue weighted by Gasteiger charge is 2.14. The number of hydrogen-bond acceptors (Lipinski definition) is 3. The molecule has 0 radical (unpaired) electrons. The first kappa shape index (κ1) is 24.0. The van der Waals surface area contributed by atoms with Crippen LogP contribution in [0.15, 0.2) is 35.3 Å². The number of nitrogens with zero attached hydrogens (tertiary/aromatic N) is 3. The molecular formula is C21H37IN4O. The summed E-state index contributed by atoms with van der Waals surface area (Å²) in [5.41, 5.74) is 0. The Kier molecular flexibility index (Phi) is 12.5. The molecule has 0 aliphatic carbocycles. The summed E-state index contributed by atoms with van der Waals surface area (Å²) in [6, 6.07) is 9.94. The average molecular weight is 488 g/mol. The molecule has 27 heavy (non-hydrogen) atoms. The van der Waals surface area contributed by atoms with Gasteiger partial charge in [-0.3, -0.25) is 4.99 Å². The van der Waals surface area contributed by atoms with Crippen LogP contribution in [0.1, 0.15) is 32.6 Å². The number of aliphatic imine (C=N–C) groups is 1. The van der Waals surface area contributed by atoms with Crippen LogP contribution in [0.4, 0.5) is 0 Å². The van der Waals surface area contributed by atoms with E-state index >= 15 is 0 Å². The molecule has 2 rings (SSSR count). The lowest BCUT2D eigenvalue weighted by atomic mass is 9.99. The van der Waals surface area contributed by atoms with Crippen LogP contribution in [-0.2, 0) is 0 Å². The molecule has 0 spiro atoms. The number of para-hydroxylation sites is 1. The number of likely N-dealkylation sites (tertiary alicyclic amines) is 1. The molecule has 1 aliphatic rings. The Morgan fingerprint density at radius 3 is 2.59 bits per heavy atom. The molecule has 1 fully saturated rings. The number of halogens is 1. The minimum absolute atomic E-state index is 0. The molecule has 0 aromatic heterocycles. The third-order valence-corrected chi connectivity index (χ3v) is 5.07. The molecule has 5 nitrogen and oxygen atoms in total. The van der Waals surface area contributed by atoms with Gasteiger partial charge in [0, 0.05) is 20.6 Å². The van der Waals surface area contributed by atoms with Gasteiger partial charge in [-0.1, -0.05) is 25.1 Å². The van der Waals surface area contributed by atoms with Gasteiger partial charge in [-0.25, -0.2) is 0 Å². The summed E-state index contributed by atoms with van der Waals surface area (Å²) in [5.74, 6) is 2.77. The van der Waals surface area contributed by atoms with Crippen LogP contribution in [-0.4, -0.2) is 69.2 Å². The molecule has 0 atom stereocenters. The van der Waals surface area contributed by atoms with Gasteiger partial charge >= 0.3 is 0 Å². The zero-order valence-electron chi connectivity index (χ0n) is 17.2. The van der Waals surface area contributed by atoms with Gasteiger partial charge in [-0.05, 0) is 63.4 Å². The molecule has 1 heterocycles. The van der Waals surface area contributed by atoms with Gasteiger partial charge in [0.2, 0.25) is 0 Å². The highest BCUT2D eigenvalue weighted by Crippen LogP contribution is 2.16. The Morgan fingerprint density at radius 1 is 1.22 bits per heavy atom. The van der Waals surface area contributed by atoms with E-state index in [2.05, 4.69) is 34.1 Å². The molecular weight excluding hydrogens is 451 g/mol. The van der Waals surface area contributed by atoms with Gasteiger partial charge in [0.1, 0.15) is 12.4 Å². The standard InChI is InChI=1S/C21H36N4O.HI/c1-19-11-15-25(16-12-19)14-8-7-13-23-21(22-2)24(3)17-18-26-20-9-5-4-6-10-20;/h4-6,9-10,19H,7-8,11-18H2,1-3H3,(H,22,23);1H. The van der Waals surface area contributed by atoms with Gasteiger partial charge in [0.05, 0.1) is 6.54 Å². The maximum absolute atomic E-state index is 5.76. The van der Waals surface area contributed by atoms with Crippen molar-refractivity contribution in [2.24, 2.45) is 10.9 Å². The summed E-state index contributed by atoms with van der Waals surface area (Å²) < 4.78 is 5.76. The lowest BCUT2D eigenvalue weighted by Crippen LogP contribution is -2.41. The average Bonchev–Trinajstić information content (AvgIpc) is 2.67. The highest BCUT2D eigenvalue weighted by atomic mass is 127. The van der Waals surface area contributed by atoms with Crippen LogP contribution in [0.3, 0.4) is 0 Å². The van der Waals surface area contributed by atoms with Crippen molar-refractivity contribution in [1.29, 1.82) is 0 Å². The van der Waals surface area contributed by atoms with Gasteiger partial charge in [-0.15, -0.1) is 24.0 Å². The molecule has 1 aromatic carbocycles. The Bertz CT molecular complexity index is 518. The van der Waals surface area contributed by atoms with E-state index in [1.54, 1.807) is 0 Å². The number of guanidine groups is 1. The summed E-state index contributed by atoms with van der Waals surface area (Å²) in [6.07, 6.45) is 5.15. The summed E-state index contributed by atoms with van der Waals surface area (Å²) in [7, 11) is 3.89. The summed E-state index contributed by atoms with van der Waals surface area (Å²) in [6.45, 7) is 8.58. The van der Waals surface area contributed by atoms with Crippen molar-refractivity contribution in [1.82, 2.24) is 15.1 Å². The van der Waals surface area contributed by atoms with Crippen LogP contribution >= 0.6 is 24.0 Å². The minimum Gasteiger partial charge on any atom is -0.492 e. The fourth-order valence-corrected chi connectivity index (χ4v) is 3.25. The fraction of sp³-hybridized carbons (Fsp3) is 0.667. The van der Waals surface area contributed by atoms with Crippen LogP contribution < -0.4 is 10.1 Å². The number of nitrogens with one attached hydrogen (secondary N) is 1. The molecule has 154 valence electrons. The number of rotatable bonds is 9. The fourth-order valence-electron chi connectivity index (χ4n) is 3.25. The predicted molar refractivity (Wildman–Crippen MR) is 125 cm³/mol. The molecule has 0 bridgehead atoms. The van der Waals surface area contributed by atoms with Crippen LogP contribution in [0, 0.1) is 5.92 Å². The number of hydrogen-bond donors (Lipinski definition) is 1. The molecule has 6 heteroatoms. The second-order valence-corrected chi connectivity index (χ2v) is 7.29.